The molecule has 1 saturated heterocycles. The standard InChI is InChI=1S/C18H18FN3O3/c19-13-5-3-12(4-6-13)18(7-8-18)17(24)21-14-10-25-11-15(14)22-16(23)2-1-9-20-22/h1-6,9,14-15H,7-8,10-11H2,(H,21,24). The second-order valence-corrected chi connectivity index (χ2v) is 6.58. The fourth-order valence-corrected chi connectivity index (χ4v) is 3.39. The molecule has 1 amide bonds. The van der Waals surface area contributed by atoms with Crippen LogP contribution in [0.2, 0.25) is 0 Å². The van der Waals surface area contributed by atoms with Gasteiger partial charge in [0.25, 0.3) is 5.56 Å². The predicted molar refractivity (Wildman–Crippen MR) is 87.6 cm³/mol. The van der Waals surface area contributed by atoms with Crippen LogP contribution in [0, 0.1) is 5.82 Å². The molecular formula is C18H18FN3O3. The van der Waals surface area contributed by atoms with Crippen LogP contribution in [0.25, 0.3) is 0 Å². The van der Waals surface area contributed by atoms with Crippen molar-refractivity contribution in [3.8, 4) is 0 Å². The number of nitrogens with zero attached hydrogens (tertiary/aromatic N) is 2. The molecule has 4 rings (SSSR count). The molecule has 1 N–H and O–H groups in total. The quantitative estimate of drug-likeness (QED) is 0.904. The molecule has 7 heteroatoms. The molecule has 2 atom stereocenters. The fourth-order valence-electron chi connectivity index (χ4n) is 3.39. The van der Waals surface area contributed by atoms with Crippen LogP contribution in [0.15, 0.2) is 47.4 Å². The van der Waals surface area contributed by atoms with E-state index in [1.807, 2.05) is 0 Å². The first-order chi connectivity index (χ1) is 12.1. The zero-order valence-corrected chi connectivity index (χ0v) is 13.5. The van der Waals surface area contributed by atoms with E-state index in [0.717, 1.165) is 18.4 Å². The van der Waals surface area contributed by atoms with Gasteiger partial charge in [0.15, 0.2) is 0 Å². The smallest absolute Gasteiger partial charge is 0.267 e. The van der Waals surface area contributed by atoms with E-state index in [2.05, 4.69) is 10.4 Å². The van der Waals surface area contributed by atoms with Gasteiger partial charge in [-0.25, -0.2) is 9.07 Å². The fraction of sp³-hybridized carbons (Fsp3) is 0.389. The Morgan fingerprint density at radius 3 is 2.68 bits per heavy atom. The number of benzene rings is 1. The lowest BCUT2D eigenvalue weighted by Gasteiger charge is -2.23. The summed E-state index contributed by atoms with van der Waals surface area (Å²) >= 11 is 0. The Balaban J connectivity index is 1.53. The molecule has 2 fully saturated rings. The monoisotopic (exact) mass is 343 g/mol. The van der Waals surface area contributed by atoms with Gasteiger partial charge < -0.3 is 10.1 Å². The number of carbonyl (C=O) groups excluding carboxylic acids is 1. The van der Waals surface area contributed by atoms with Gasteiger partial charge in [0.1, 0.15) is 11.9 Å². The highest BCUT2D eigenvalue weighted by atomic mass is 19.1. The van der Waals surface area contributed by atoms with Crippen molar-refractivity contribution < 1.29 is 13.9 Å². The lowest BCUT2D eigenvalue weighted by atomic mass is 9.94. The minimum absolute atomic E-state index is 0.108. The largest absolute Gasteiger partial charge is 0.377 e. The molecule has 2 heterocycles. The number of amides is 1. The summed E-state index contributed by atoms with van der Waals surface area (Å²) in [5.41, 5.74) is -0.00980. The van der Waals surface area contributed by atoms with E-state index in [0.29, 0.717) is 13.2 Å². The first kappa shape index (κ1) is 16.0. The van der Waals surface area contributed by atoms with Gasteiger partial charge in [-0.1, -0.05) is 12.1 Å². The highest BCUT2D eigenvalue weighted by Crippen LogP contribution is 2.48. The Labute approximate surface area is 143 Å². The van der Waals surface area contributed by atoms with Gasteiger partial charge in [0.05, 0.1) is 24.7 Å². The molecule has 2 unspecified atom stereocenters. The number of hydrogen-bond donors (Lipinski definition) is 1. The molecule has 1 aromatic carbocycles. The molecule has 0 radical (unpaired) electrons. The van der Waals surface area contributed by atoms with E-state index in [-0.39, 0.29) is 29.4 Å². The number of carbonyl (C=O) groups is 1. The zero-order chi connectivity index (χ0) is 17.4. The minimum atomic E-state index is -0.601. The van der Waals surface area contributed by atoms with Crippen LogP contribution in [0.4, 0.5) is 4.39 Å². The Kier molecular flexibility index (Phi) is 3.88. The van der Waals surface area contributed by atoms with Crippen molar-refractivity contribution >= 4 is 5.91 Å². The number of aromatic nitrogens is 2. The maximum Gasteiger partial charge on any atom is 0.267 e. The van der Waals surface area contributed by atoms with Crippen molar-refractivity contribution in [1.29, 1.82) is 0 Å². The number of nitrogens with one attached hydrogen (secondary N) is 1. The average molecular weight is 343 g/mol. The third-order valence-corrected chi connectivity index (χ3v) is 5.00. The van der Waals surface area contributed by atoms with Crippen molar-refractivity contribution in [1.82, 2.24) is 15.1 Å². The summed E-state index contributed by atoms with van der Waals surface area (Å²) in [6, 6.07) is 8.43. The zero-order valence-electron chi connectivity index (χ0n) is 13.5. The molecule has 2 aliphatic rings. The molecule has 1 saturated carbocycles. The number of rotatable bonds is 4. The molecule has 130 valence electrons. The van der Waals surface area contributed by atoms with Crippen LogP contribution < -0.4 is 10.9 Å². The van der Waals surface area contributed by atoms with Gasteiger partial charge in [0.2, 0.25) is 5.91 Å². The van der Waals surface area contributed by atoms with Crippen LogP contribution in [-0.2, 0) is 14.9 Å². The van der Waals surface area contributed by atoms with Crippen molar-refractivity contribution in [2.45, 2.75) is 30.3 Å². The van der Waals surface area contributed by atoms with Gasteiger partial charge >= 0.3 is 0 Å². The van der Waals surface area contributed by atoms with E-state index in [4.69, 9.17) is 4.74 Å². The Morgan fingerprint density at radius 1 is 1.24 bits per heavy atom. The van der Waals surface area contributed by atoms with Crippen LogP contribution >= 0.6 is 0 Å². The van der Waals surface area contributed by atoms with Crippen LogP contribution in [0.1, 0.15) is 24.4 Å². The summed E-state index contributed by atoms with van der Waals surface area (Å²) in [4.78, 5) is 24.9. The molecule has 0 bridgehead atoms. The van der Waals surface area contributed by atoms with Crippen LogP contribution in [-0.4, -0.2) is 34.9 Å². The Bertz CT molecular complexity index is 845. The normalized spacial score (nSPS) is 24.0. The number of halogens is 1. The lowest BCUT2D eigenvalue weighted by Crippen LogP contribution is -2.47. The first-order valence-corrected chi connectivity index (χ1v) is 8.29. The van der Waals surface area contributed by atoms with Crippen molar-refractivity contribution in [3.63, 3.8) is 0 Å². The average Bonchev–Trinajstić information content (AvgIpc) is 3.30. The molecule has 1 aliphatic heterocycles. The minimum Gasteiger partial charge on any atom is -0.377 e. The molecular weight excluding hydrogens is 325 g/mol. The van der Waals surface area contributed by atoms with E-state index in [9.17, 15) is 14.0 Å². The summed E-state index contributed by atoms with van der Waals surface area (Å²) in [5.74, 6) is -0.428. The molecule has 2 aromatic rings. The Hall–Kier alpha value is -2.54. The van der Waals surface area contributed by atoms with E-state index in [1.54, 1.807) is 24.4 Å². The van der Waals surface area contributed by atoms with Gasteiger partial charge in [-0.3, -0.25) is 9.59 Å². The molecule has 1 aromatic heterocycles. The summed E-state index contributed by atoms with van der Waals surface area (Å²) < 4.78 is 20.0. The van der Waals surface area contributed by atoms with Crippen molar-refractivity contribution in [3.05, 3.63) is 64.3 Å². The van der Waals surface area contributed by atoms with Gasteiger partial charge in [-0.2, -0.15) is 5.10 Å². The van der Waals surface area contributed by atoms with Gasteiger partial charge in [-0.15, -0.1) is 0 Å². The molecule has 6 nitrogen and oxygen atoms in total. The summed E-state index contributed by atoms with van der Waals surface area (Å²) in [7, 11) is 0. The second-order valence-electron chi connectivity index (χ2n) is 6.58. The topological polar surface area (TPSA) is 73.2 Å². The molecule has 25 heavy (non-hydrogen) atoms. The van der Waals surface area contributed by atoms with Crippen LogP contribution in [0.5, 0.6) is 0 Å². The molecule has 0 spiro atoms. The number of ether oxygens (including phenoxy) is 1. The lowest BCUT2D eigenvalue weighted by molar-refractivity contribution is -0.124. The Morgan fingerprint density at radius 2 is 2.00 bits per heavy atom. The highest BCUT2D eigenvalue weighted by molar-refractivity contribution is 5.91. The summed E-state index contributed by atoms with van der Waals surface area (Å²) in [5, 5.41) is 7.11. The maximum atomic E-state index is 13.1. The summed E-state index contributed by atoms with van der Waals surface area (Å²) in [6.07, 6.45) is 3.00. The van der Waals surface area contributed by atoms with E-state index < -0.39 is 5.41 Å². The first-order valence-electron chi connectivity index (χ1n) is 8.29. The number of hydrogen-bond acceptors (Lipinski definition) is 4. The summed E-state index contributed by atoms with van der Waals surface area (Å²) in [6.45, 7) is 0.657. The van der Waals surface area contributed by atoms with E-state index in [1.165, 1.54) is 22.9 Å². The van der Waals surface area contributed by atoms with E-state index >= 15 is 0 Å². The van der Waals surface area contributed by atoms with Gasteiger partial charge in [-0.05, 0) is 36.6 Å². The SMILES string of the molecule is O=C(NC1COCC1n1ncccc1=O)C1(c2ccc(F)cc2)CC1. The highest BCUT2D eigenvalue weighted by Gasteiger charge is 2.52. The second kappa shape index (κ2) is 6.07. The van der Waals surface area contributed by atoms with Gasteiger partial charge in [0, 0.05) is 12.3 Å². The third kappa shape index (κ3) is 2.84. The predicted octanol–water partition coefficient (Wildman–Crippen LogP) is 1.17. The van der Waals surface area contributed by atoms with Crippen molar-refractivity contribution in [2.75, 3.05) is 13.2 Å². The third-order valence-electron chi connectivity index (χ3n) is 5.00. The van der Waals surface area contributed by atoms with Crippen LogP contribution in [0.3, 0.4) is 0 Å². The maximum absolute atomic E-state index is 13.1. The molecule has 1 aliphatic carbocycles. The van der Waals surface area contributed by atoms with Crippen molar-refractivity contribution in [2.24, 2.45) is 0 Å².